The van der Waals surface area contributed by atoms with Gasteiger partial charge in [0, 0.05) is 26.1 Å². The Morgan fingerprint density at radius 2 is 1.88 bits per heavy atom. The van der Waals surface area contributed by atoms with Crippen molar-refractivity contribution in [3.8, 4) is 0 Å². The molecule has 1 aromatic carbocycles. The molecule has 0 saturated heterocycles. The van der Waals surface area contributed by atoms with Gasteiger partial charge in [-0.3, -0.25) is 0 Å². The highest BCUT2D eigenvalue weighted by Crippen LogP contribution is 2.57. The highest BCUT2D eigenvalue weighted by atomic mass is 19.1. The number of benzene rings is 1. The minimum absolute atomic E-state index is 0.103. The van der Waals surface area contributed by atoms with Gasteiger partial charge in [-0.05, 0) is 23.1 Å². The molecule has 16 heavy (non-hydrogen) atoms. The van der Waals surface area contributed by atoms with Crippen molar-refractivity contribution in [3.05, 3.63) is 29.6 Å². The van der Waals surface area contributed by atoms with Gasteiger partial charge in [0.25, 0.3) is 0 Å². The first-order valence-corrected chi connectivity index (χ1v) is 5.58. The first-order valence-electron chi connectivity index (χ1n) is 5.58. The predicted molar refractivity (Wildman–Crippen MR) is 65.2 cm³/mol. The van der Waals surface area contributed by atoms with Crippen LogP contribution in [0.4, 0.5) is 10.1 Å². The average Bonchev–Trinajstić information content (AvgIpc) is 2.65. The summed E-state index contributed by atoms with van der Waals surface area (Å²) in [6.07, 6.45) is 0. The summed E-state index contributed by atoms with van der Waals surface area (Å²) in [5, 5.41) is 0. The third-order valence-corrected chi connectivity index (χ3v) is 3.72. The molecular formula is C13H19FN2. The van der Waals surface area contributed by atoms with Gasteiger partial charge in [0.2, 0.25) is 0 Å². The quantitative estimate of drug-likeness (QED) is 0.832. The van der Waals surface area contributed by atoms with Gasteiger partial charge in [-0.25, -0.2) is 4.39 Å². The van der Waals surface area contributed by atoms with Crippen molar-refractivity contribution >= 4 is 5.69 Å². The summed E-state index contributed by atoms with van der Waals surface area (Å²) in [5.74, 6) is 0.121. The van der Waals surface area contributed by atoms with Crippen LogP contribution in [0.3, 0.4) is 0 Å². The van der Waals surface area contributed by atoms with Crippen LogP contribution in [0, 0.1) is 11.2 Å². The Bertz CT molecular complexity index is 412. The fraction of sp³-hybridized carbons (Fsp3) is 0.538. The standard InChI is InChI=1S/C13H19FN2/c1-13(2)11(12(13)15)8-5-6-10(16(3)4)9(14)7-8/h5-7,11-12H,15H2,1-4H3/t11-,12-/m0/s1. The minimum Gasteiger partial charge on any atom is -0.375 e. The lowest BCUT2D eigenvalue weighted by molar-refractivity contribution is 0.594. The number of hydrogen-bond donors (Lipinski definition) is 1. The van der Waals surface area contributed by atoms with Crippen LogP contribution in [0.5, 0.6) is 0 Å². The maximum atomic E-state index is 13.8. The lowest BCUT2D eigenvalue weighted by Gasteiger charge is -2.14. The van der Waals surface area contributed by atoms with Crippen molar-refractivity contribution in [1.29, 1.82) is 0 Å². The molecule has 0 spiro atoms. The Morgan fingerprint density at radius 3 is 2.25 bits per heavy atom. The molecule has 1 aromatic rings. The molecule has 0 unspecified atom stereocenters. The Morgan fingerprint density at radius 1 is 1.31 bits per heavy atom. The van der Waals surface area contributed by atoms with Gasteiger partial charge < -0.3 is 10.6 Å². The number of rotatable bonds is 2. The van der Waals surface area contributed by atoms with Crippen LogP contribution in [0.15, 0.2) is 18.2 Å². The maximum Gasteiger partial charge on any atom is 0.146 e. The number of halogens is 1. The lowest BCUT2D eigenvalue weighted by Crippen LogP contribution is -2.11. The van der Waals surface area contributed by atoms with Crippen LogP contribution in [0.1, 0.15) is 25.3 Å². The van der Waals surface area contributed by atoms with Gasteiger partial charge in [-0.1, -0.05) is 19.9 Å². The molecule has 2 atom stereocenters. The number of hydrogen-bond acceptors (Lipinski definition) is 2. The molecule has 2 rings (SSSR count). The summed E-state index contributed by atoms with van der Waals surface area (Å²) in [7, 11) is 3.68. The van der Waals surface area contributed by atoms with Crippen LogP contribution in [-0.2, 0) is 0 Å². The lowest BCUT2D eigenvalue weighted by atomic mass is 10.0. The van der Waals surface area contributed by atoms with Crippen molar-refractivity contribution in [2.75, 3.05) is 19.0 Å². The number of nitrogens with zero attached hydrogens (tertiary/aromatic N) is 1. The van der Waals surface area contributed by atoms with Gasteiger partial charge >= 0.3 is 0 Å². The van der Waals surface area contributed by atoms with Crippen LogP contribution >= 0.6 is 0 Å². The summed E-state index contributed by atoms with van der Waals surface area (Å²) in [6, 6.07) is 5.58. The normalized spacial score (nSPS) is 26.6. The van der Waals surface area contributed by atoms with Gasteiger partial charge in [0.05, 0.1) is 5.69 Å². The van der Waals surface area contributed by atoms with E-state index in [1.165, 1.54) is 0 Å². The Hall–Kier alpha value is -1.09. The average molecular weight is 222 g/mol. The topological polar surface area (TPSA) is 29.3 Å². The van der Waals surface area contributed by atoms with Crippen molar-refractivity contribution < 1.29 is 4.39 Å². The molecule has 0 radical (unpaired) electrons. The second-order valence-electron chi connectivity index (χ2n) is 5.43. The van der Waals surface area contributed by atoms with Crippen LogP contribution < -0.4 is 10.6 Å². The monoisotopic (exact) mass is 222 g/mol. The van der Waals surface area contributed by atoms with Crippen molar-refractivity contribution in [2.24, 2.45) is 11.1 Å². The molecule has 0 heterocycles. The summed E-state index contributed by atoms with van der Waals surface area (Å²) in [4.78, 5) is 1.77. The molecule has 3 heteroatoms. The van der Waals surface area contributed by atoms with E-state index in [9.17, 15) is 4.39 Å². The zero-order chi connectivity index (χ0) is 12.1. The zero-order valence-electron chi connectivity index (χ0n) is 10.3. The van der Waals surface area contributed by atoms with E-state index in [-0.39, 0.29) is 17.3 Å². The summed E-state index contributed by atoms with van der Waals surface area (Å²) in [5.41, 5.74) is 7.73. The molecule has 0 bridgehead atoms. The molecule has 0 aromatic heterocycles. The molecule has 88 valence electrons. The van der Waals surface area contributed by atoms with Crippen LogP contribution in [-0.4, -0.2) is 20.1 Å². The van der Waals surface area contributed by atoms with Gasteiger partial charge in [0.15, 0.2) is 0 Å². The van der Waals surface area contributed by atoms with Crippen molar-refractivity contribution in [2.45, 2.75) is 25.8 Å². The third-order valence-electron chi connectivity index (χ3n) is 3.72. The molecular weight excluding hydrogens is 203 g/mol. The molecule has 1 aliphatic rings. The molecule has 2 nitrogen and oxygen atoms in total. The number of anilines is 1. The van der Waals surface area contributed by atoms with E-state index in [2.05, 4.69) is 13.8 Å². The molecule has 1 fully saturated rings. The van der Waals surface area contributed by atoms with Gasteiger partial charge in [-0.15, -0.1) is 0 Å². The van der Waals surface area contributed by atoms with E-state index < -0.39 is 0 Å². The maximum absolute atomic E-state index is 13.8. The van der Waals surface area contributed by atoms with Gasteiger partial charge in [0.1, 0.15) is 5.82 Å². The summed E-state index contributed by atoms with van der Waals surface area (Å²) in [6.45, 7) is 4.25. The Kier molecular flexibility index (Phi) is 2.46. The second kappa shape index (κ2) is 3.45. The molecule has 1 aliphatic carbocycles. The molecule has 2 N–H and O–H groups in total. The summed E-state index contributed by atoms with van der Waals surface area (Å²) < 4.78 is 13.8. The molecule has 0 aliphatic heterocycles. The van der Waals surface area contributed by atoms with Gasteiger partial charge in [-0.2, -0.15) is 0 Å². The fourth-order valence-corrected chi connectivity index (χ4v) is 2.39. The van der Waals surface area contributed by atoms with E-state index >= 15 is 0 Å². The third kappa shape index (κ3) is 1.59. The molecule has 1 saturated carbocycles. The number of nitrogens with two attached hydrogens (primary N) is 1. The van der Waals surface area contributed by atoms with E-state index in [0.717, 1.165) is 5.56 Å². The molecule has 0 amide bonds. The predicted octanol–water partition coefficient (Wildman–Crippen LogP) is 2.34. The second-order valence-corrected chi connectivity index (χ2v) is 5.43. The largest absolute Gasteiger partial charge is 0.375 e. The Labute approximate surface area is 96.2 Å². The van der Waals surface area contributed by atoms with Crippen LogP contribution in [0.25, 0.3) is 0 Å². The van der Waals surface area contributed by atoms with E-state index in [1.807, 2.05) is 26.2 Å². The van der Waals surface area contributed by atoms with E-state index in [4.69, 9.17) is 5.73 Å². The zero-order valence-corrected chi connectivity index (χ0v) is 10.3. The first kappa shape index (κ1) is 11.4. The minimum atomic E-state index is -0.169. The fourth-order valence-electron chi connectivity index (χ4n) is 2.39. The SMILES string of the molecule is CN(C)c1ccc([C@H]2[C@H](N)C2(C)C)cc1F. The van der Waals surface area contributed by atoms with Crippen molar-refractivity contribution in [1.82, 2.24) is 0 Å². The van der Waals surface area contributed by atoms with Crippen molar-refractivity contribution in [3.63, 3.8) is 0 Å². The smallest absolute Gasteiger partial charge is 0.146 e. The van der Waals surface area contributed by atoms with E-state index in [1.54, 1.807) is 11.0 Å². The Balaban J connectivity index is 2.30. The van der Waals surface area contributed by atoms with E-state index in [0.29, 0.717) is 11.6 Å². The highest BCUT2D eigenvalue weighted by molar-refractivity contribution is 5.50. The summed E-state index contributed by atoms with van der Waals surface area (Å²) >= 11 is 0. The highest BCUT2D eigenvalue weighted by Gasteiger charge is 2.56. The van der Waals surface area contributed by atoms with Crippen LogP contribution in [0.2, 0.25) is 0 Å². The first-order chi connectivity index (χ1) is 7.35.